The molecular formula is C71H75N. The summed E-state index contributed by atoms with van der Waals surface area (Å²) in [4.78, 5) is 0. The highest BCUT2D eigenvalue weighted by molar-refractivity contribution is 6.10. The van der Waals surface area contributed by atoms with Gasteiger partial charge in [0.15, 0.2) is 0 Å². The maximum absolute atomic E-state index is 3.57. The third kappa shape index (κ3) is 9.75. The van der Waals surface area contributed by atoms with Gasteiger partial charge in [-0.3, -0.25) is 0 Å². The number of fused-ring (bicyclic) bond motifs is 9. The Labute approximate surface area is 432 Å². The summed E-state index contributed by atoms with van der Waals surface area (Å²) >= 11 is 0. The summed E-state index contributed by atoms with van der Waals surface area (Å²) in [5, 5.41) is 2.56. The van der Waals surface area contributed by atoms with E-state index in [0.717, 1.165) is 6.42 Å². The number of unbranched alkanes of at least 4 members (excludes halogenated alkanes) is 1. The standard InChI is InChI=1S/C57H47N.C8H12.C4H10.C2H6/c1-6-43-45-16-7-8-17-46(45)50-31-35(2)30-41(33-51(43)50)39-24-27-48-47-18-10-12-21-54(47)58(55(48)34-39)42-25-22-37(23-26-42)38-14-13-15-40(32-38)44-28-29-53-56(36(44)3)49-19-9-11-20-52(49)57(53,4)5;1-4-6-8(3)7-5-2;1-3-4-2;1-2/h7-35,43H,6H2,1-5H3;4-7H,1H2,2-3H3;3-4H2,1-2H3;1-2H3/b;7-5-,8-6-;;. The Balaban J connectivity index is 0.000000441. The molecule has 0 amide bonds. The minimum atomic E-state index is 0.00190. The van der Waals surface area contributed by atoms with Crippen molar-refractivity contribution < 1.29 is 0 Å². The number of hydrogen-bond acceptors (Lipinski definition) is 0. The van der Waals surface area contributed by atoms with Gasteiger partial charge in [0, 0.05) is 27.8 Å². The second kappa shape index (κ2) is 22.5. The van der Waals surface area contributed by atoms with Crippen molar-refractivity contribution in [3.63, 3.8) is 0 Å². The van der Waals surface area contributed by atoms with E-state index < -0.39 is 0 Å². The molecule has 3 aliphatic carbocycles. The van der Waals surface area contributed by atoms with E-state index in [2.05, 4.69) is 229 Å². The van der Waals surface area contributed by atoms with Crippen LogP contribution in [0.25, 0.3) is 72.0 Å². The van der Waals surface area contributed by atoms with Gasteiger partial charge in [0.2, 0.25) is 0 Å². The van der Waals surface area contributed by atoms with Crippen LogP contribution in [-0.2, 0) is 5.41 Å². The fourth-order valence-corrected chi connectivity index (χ4v) is 11.2. The molecular weight excluding hydrogens is 867 g/mol. The molecule has 0 radical (unpaired) electrons. The molecule has 2 unspecified atom stereocenters. The highest BCUT2D eigenvalue weighted by Gasteiger charge is 2.36. The molecule has 1 heterocycles. The first-order valence-corrected chi connectivity index (χ1v) is 26.7. The zero-order valence-corrected chi connectivity index (χ0v) is 44.9. The average Bonchev–Trinajstić information content (AvgIpc) is 3.93. The van der Waals surface area contributed by atoms with Crippen LogP contribution in [0.3, 0.4) is 0 Å². The number of para-hydroxylation sites is 1. The third-order valence-corrected chi connectivity index (χ3v) is 14.9. The fraction of sp³-hybridized carbons (Fsp3) is 0.239. The number of benzene rings is 7. The Morgan fingerprint density at radius 3 is 2.03 bits per heavy atom. The van der Waals surface area contributed by atoms with Gasteiger partial charge in [0.1, 0.15) is 0 Å². The van der Waals surface area contributed by atoms with Crippen molar-refractivity contribution in [1.82, 2.24) is 4.57 Å². The van der Waals surface area contributed by atoms with E-state index in [1.807, 2.05) is 45.9 Å². The van der Waals surface area contributed by atoms with Crippen molar-refractivity contribution in [2.75, 3.05) is 0 Å². The van der Waals surface area contributed by atoms with E-state index in [1.165, 1.54) is 129 Å². The number of aromatic nitrogens is 1. The van der Waals surface area contributed by atoms with Gasteiger partial charge >= 0.3 is 0 Å². The summed E-state index contributed by atoms with van der Waals surface area (Å²) in [7, 11) is 0. The minimum Gasteiger partial charge on any atom is -0.309 e. The molecule has 0 saturated carbocycles. The lowest BCUT2D eigenvalue weighted by atomic mass is 9.81. The van der Waals surface area contributed by atoms with Crippen LogP contribution in [0, 0.1) is 12.8 Å². The van der Waals surface area contributed by atoms with Crippen molar-refractivity contribution in [1.29, 1.82) is 0 Å². The molecule has 1 aromatic heterocycles. The Kier molecular flexibility index (Phi) is 16.0. The maximum atomic E-state index is 3.57. The first-order chi connectivity index (χ1) is 35.0. The monoisotopic (exact) mass is 942 g/mol. The summed E-state index contributed by atoms with van der Waals surface area (Å²) in [6.45, 7) is 27.6. The molecule has 72 heavy (non-hydrogen) atoms. The van der Waals surface area contributed by atoms with Crippen molar-refractivity contribution in [3.05, 3.63) is 245 Å². The second-order valence-electron chi connectivity index (χ2n) is 19.9. The van der Waals surface area contributed by atoms with Crippen LogP contribution in [0.15, 0.2) is 212 Å². The minimum absolute atomic E-state index is 0.00190. The van der Waals surface area contributed by atoms with E-state index in [4.69, 9.17) is 0 Å². The normalized spacial score (nSPS) is 16.0. The van der Waals surface area contributed by atoms with E-state index in [-0.39, 0.29) is 5.41 Å². The van der Waals surface area contributed by atoms with Gasteiger partial charge in [-0.15, -0.1) is 0 Å². The highest BCUT2D eigenvalue weighted by Crippen LogP contribution is 2.52. The number of nitrogens with zero attached hydrogens (tertiary/aromatic N) is 1. The van der Waals surface area contributed by atoms with Crippen molar-refractivity contribution in [3.8, 4) is 39.1 Å². The summed E-state index contributed by atoms with van der Waals surface area (Å²) in [6, 6.07) is 56.9. The predicted octanol–water partition coefficient (Wildman–Crippen LogP) is 20.8. The van der Waals surface area contributed by atoms with Crippen LogP contribution < -0.4 is 0 Å². The first-order valence-electron chi connectivity index (χ1n) is 26.7. The van der Waals surface area contributed by atoms with Crippen LogP contribution in [0.1, 0.15) is 128 Å². The van der Waals surface area contributed by atoms with Crippen LogP contribution in [0.4, 0.5) is 0 Å². The Morgan fingerprint density at radius 2 is 1.31 bits per heavy atom. The molecule has 8 aromatic rings. The predicted molar refractivity (Wildman–Crippen MR) is 317 cm³/mol. The fourth-order valence-electron chi connectivity index (χ4n) is 11.2. The van der Waals surface area contributed by atoms with Crippen LogP contribution in [-0.4, -0.2) is 4.57 Å². The summed E-state index contributed by atoms with van der Waals surface area (Å²) in [5.74, 6) is 0.748. The SMILES string of the molecule is C=C/C=C(C)\C=C/C.CC.CCC1C2=CC(c3ccc4c5ccccc5n(-c5ccc(-c6cccc(-c7ccc8c(c7C)-c7ccccc7C8(C)C)c6)cc5)c4c3)=CC(C)C=C2c2ccccc21.CCCC. The third-order valence-electron chi connectivity index (χ3n) is 14.9. The van der Waals surface area contributed by atoms with Gasteiger partial charge in [0.05, 0.1) is 11.0 Å². The molecule has 1 nitrogen and oxygen atoms in total. The van der Waals surface area contributed by atoms with Gasteiger partial charge in [-0.2, -0.15) is 0 Å². The lowest BCUT2D eigenvalue weighted by Crippen LogP contribution is -2.14. The van der Waals surface area contributed by atoms with E-state index in [9.17, 15) is 0 Å². The summed E-state index contributed by atoms with van der Waals surface area (Å²) in [5.41, 5.74) is 25.2. The van der Waals surface area contributed by atoms with Gasteiger partial charge in [-0.25, -0.2) is 0 Å². The number of rotatable bonds is 8. The quantitative estimate of drug-likeness (QED) is 0.134. The molecule has 1 heteroatoms. The second-order valence-corrected chi connectivity index (χ2v) is 19.9. The molecule has 3 aliphatic rings. The molecule has 11 rings (SSSR count). The molecule has 0 N–H and O–H groups in total. The molecule has 0 spiro atoms. The lowest BCUT2D eigenvalue weighted by molar-refractivity contribution is 0.660. The van der Waals surface area contributed by atoms with Crippen LogP contribution in [0.2, 0.25) is 0 Å². The van der Waals surface area contributed by atoms with Gasteiger partial charge in [0.25, 0.3) is 0 Å². The van der Waals surface area contributed by atoms with Crippen LogP contribution in [0.5, 0.6) is 0 Å². The van der Waals surface area contributed by atoms with Crippen molar-refractivity contribution in [2.45, 2.75) is 107 Å². The summed E-state index contributed by atoms with van der Waals surface area (Å²) in [6.07, 6.45) is 19.0. The van der Waals surface area contributed by atoms with Gasteiger partial charge in [-0.05, 0) is 147 Å². The van der Waals surface area contributed by atoms with E-state index in [1.54, 1.807) is 6.08 Å². The van der Waals surface area contributed by atoms with Crippen LogP contribution >= 0.6 is 0 Å². The van der Waals surface area contributed by atoms with Crippen molar-refractivity contribution >= 4 is 33.0 Å². The number of allylic oxidation sites excluding steroid dienone is 11. The molecule has 0 fully saturated rings. The average molecular weight is 942 g/mol. The Morgan fingerprint density at radius 1 is 0.639 bits per heavy atom. The molecule has 0 aliphatic heterocycles. The van der Waals surface area contributed by atoms with Gasteiger partial charge < -0.3 is 4.57 Å². The molecule has 0 saturated heterocycles. The first kappa shape index (κ1) is 51.1. The smallest absolute Gasteiger partial charge is 0.0547 e. The van der Waals surface area contributed by atoms with Gasteiger partial charge in [-0.1, -0.05) is 244 Å². The topological polar surface area (TPSA) is 4.93 Å². The number of hydrogen-bond donors (Lipinski definition) is 0. The molecule has 364 valence electrons. The zero-order valence-electron chi connectivity index (χ0n) is 44.9. The molecule has 2 atom stereocenters. The maximum Gasteiger partial charge on any atom is 0.0547 e. The van der Waals surface area contributed by atoms with E-state index >= 15 is 0 Å². The lowest BCUT2D eigenvalue weighted by Gasteiger charge is -2.22. The molecule has 7 aromatic carbocycles. The van der Waals surface area contributed by atoms with Crippen molar-refractivity contribution in [2.24, 2.45) is 5.92 Å². The zero-order chi connectivity index (χ0) is 51.1. The van der Waals surface area contributed by atoms with E-state index in [0.29, 0.717) is 11.8 Å². The Hall–Kier alpha value is -7.22. The summed E-state index contributed by atoms with van der Waals surface area (Å²) < 4.78 is 2.46. The Bertz CT molecular complexity index is 3400. The highest BCUT2D eigenvalue weighted by atomic mass is 15.0. The molecule has 0 bridgehead atoms. The largest absolute Gasteiger partial charge is 0.309 e.